The Morgan fingerprint density at radius 3 is 2.64 bits per heavy atom. The zero-order valence-electron chi connectivity index (χ0n) is 7.77. The van der Waals surface area contributed by atoms with Gasteiger partial charge in [0.1, 0.15) is 5.69 Å². The second-order valence-electron chi connectivity index (χ2n) is 3.02. The van der Waals surface area contributed by atoms with E-state index in [4.69, 9.17) is 11.5 Å². The molecule has 5 heteroatoms. The first-order valence-corrected chi connectivity index (χ1v) is 4.34. The van der Waals surface area contributed by atoms with Crippen LogP contribution in [0.25, 0.3) is 0 Å². The summed E-state index contributed by atoms with van der Waals surface area (Å²) in [5.74, 6) is -0.799. The highest BCUT2D eigenvalue weighted by Crippen LogP contribution is 2.03. The number of rotatable bonds is 5. The first-order chi connectivity index (χ1) is 6.61. The van der Waals surface area contributed by atoms with Crippen molar-refractivity contribution in [3.63, 3.8) is 0 Å². The van der Waals surface area contributed by atoms with E-state index in [1.165, 1.54) is 0 Å². The maximum absolute atomic E-state index is 10.9. The van der Waals surface area contributed by atoms with Crippen LogP contribution in [0.2, 0.25) is 0 Å². The summed E-state index contributed by atoms with van der Waals surface area (Å²) in [6.45, 7) is 0.578. The number of amides is 2. The fourth-order valence-electron chi connectivity index (χ4n) is 1.26. The molecule has 0 fully saturated rings. The quantitative estimate of drug-likeness (QED) is 0.684. The van der Waals surface area contributed by atoms with Crippen LogP contribution in [0.15, 0.2) is 18.3 Å². The first kappa shape index (κ1) is 10.3. The van der Waals surface area contributed by atoms with Crippen molar-refractivity contribution in [1.82, 2.24) is 4.57 Å². The minimum absolute atomic E-state index is 0.316. The van der Waals surface area contributed by atoms with Crippen LogP contribution in [0.5, 0.6) is 0 Å². The molecule has 1 heterocycles. The number of carbonyl (C=O) groups is 2. The zero-order chi connectivity index (χ0) is 10.6. The predicted molar refractivity (Wildman–Crippen MR) is 51.4 cm³/mol. The van der Waals surface area contributed by atoms with Crippen LogP contribution in [0.3, 0.4) is 0 Å². The molecule has 14 heavy (non-hydrogen) atoms. The third-order valence-electron chi connectivity index (χ3n) is 1.90. The second kappa shape index (κ2) is 4.45. The summed E-state index contributed by atoms with van der Waals surface area (Å²) < 4.78 is 1.71. The van der Waals surface area contributed by atoms with Crippen LogP contribution in [0, 0.1) is 0 Å². The van der Waals surface area contributed by atoms with Gasteiger partial charge in [-0.15, -0.1) is 0 Å². The van der Waals surface area contributed by atoms with E-state index in [0.717, 1.165) is 0 Å². The van der Waals surface area contributed by atoms with Gasteiger partial charge < -0.3 is 16.0 Å². The Morgan fingerprint density at radius 1 is 1.36 bits per heavy atom. The molecule has 1 rings (SSSR count). The normalized spacial score (nSPS) is 10.0. The van der Waals surface area contributed by atoms with Crippen molar-refractivity contribution in [1.29, 1.82) is 0 Å². The van der Waals surface area contributed by atoms with E-state index in [2.05, 4.69) is 0 Å². The number of hydrogen-bond acceptors (Lipinski definition) is 2. The van der Waals surface area contributed by atoms with E-state index >= 15 is 0 Å². The lowest BCUT2D eigenvalue weighted by molar-refractivity contribution is -0.118. The number of nitrogens with zero attached hydrogens (tertiary/aromatic N) is 1. The monoisotopic (exact) mass is 195 g/mol. The SMILES string of the molecule is NC(=O)CCCn1cccc1C(N)=O. The highest BCUT2D eigenvalue weighted by atomic mass is 16.1. The van der Waals surface area contributed by atoms with Gasteiger partial charge in [-0.05, 0) is 18.6 Å². The molecule has 2 amide bonds. The summed E-state index contributed by atoms with van der Waals surface area (Å²) in [5, 5.41) is 0. The Labute approximate surface area is 81.7 Å². The van der Waals surface area contributed by atoms with Gasteiger partial charge in [-0.25, -0.2) is 0 Å². The number of hydrogen-bond donors (Lipinski definition) is 2. The lowest BCUT2D eigenvalue weighted by Crippen LogP contribution is -2.17. The van der Waals surface area contributed by atoms with Gasteiger partial charge in [0.25, 0.3) is 5.91 Å². The van der Waals surface area contributed by atoms with E-state index in [1.54, 1.807) is 22.9 Å². The van der Waals surface area contributed by atoms with Crippen molar-refractivity contribution in [2.45, 2.75) is 19.4 Å². The summed E-state index contributed by atoms with van der Waals surface area (Å²) >= 11 is 0. The maximum Gasteiger partial charge on any atom is 0.265 e. The molecule has 5 nitrogen and oxygen atoms in total. The molecule has 0 bridgehead atoms. The summed E-state index contributed by atoms with van der Waals surface area (Å²) in [5.41, 5.74) is 10.6. The molecule has 0 aromatic carbocycles. The number of primary amides is 2. The fourth-order valence-corrected chi connectivity index (χ4v) is 1.26. The van der Waals surface area contributed by atoms with E-state index in [0.29, 0.717) is 25.1 Å². The Balaban J connectivity index is 2.54. The van der Waals surface area contributed by atoms with Crippen molar-refractivity contribution in [2.75, 3.05) is 0 Å². The van der Waals surface area contributed by atoms with E-state index < -0.39 is 5.91 Å². The molecular weight excluding hydrogens is 182 g/mol. The van der Waals surface area contributed by atoms with Gasteiger partial charge in [0.2, 0.25) is 5.91 Å². The van der Waals surface area contributed by atoms with Crippen LogP contribution in [0.1, 0.15) is 23.3 Å². The lowest BCUT2D eigenvalue weighted by atomic mass is 10.3. The van der Waals surface area contributed by atoms with Crippen molar-refractivity contribution in [3.8, 4) is 0 Å². The van der Waals surface area contributed by atoms with Crippen molar-refractivity contribution < 1.29 is 9.59 Å². The fraction of sp³-hybridized carbons (Fsp3) is 0.333. The summed E-state index contributed by atoms with van der Waals surface area (Å²) in [7, 11) is 0. The maximum atomic E-state index is 10.9. The van der Waals surface area contributed by atoms with Crippen LogP contribution in [-0.4, -0.2) is 16.4 Å². The smallest absolute Gasteiger partial charge is 0.265 e. The number of aromatic nitrogens is 1. The largest absolute Gasteiger partial charge is 0.370 e. The average Bonchev–Trinajstić information content (AvgIpc) is 2.51. The van der Waals surface area contributed by atoms with Gasteiger partial charge in [-0.3, -0.25) is 9.59 Å². The molecule has 0 unspecified atom stereocenters. The highest BCUT2D eigenvalue weighted by molar-refractivity contribution is 5.91. The zero-order valence-corrected chi connectivity index (χ0v) is 7.77. The predicted octanol–water partition coefficient (Wildman–Crippen LogP) is -0.148. The summed E-state index contributed by atoms with van der Waals surface area (Å²) in [6, 6.07) is 3.39. The van der Waals surface area contributed by atoms with Crippen molar-refractivity contribution in [3.05, 3.63) is 24.0 Å². The second-order valence-corrected chi connectivity index (χ2v) is 3.02. The van der Waals surface area contributed by atoms with Gasteiger partial charge in [0, 0.05) is 19.2 Å². The number of aryl methyl sites for hydroxylation is 1. The Bertz CT molecular complexity index is 344. The molecule has 1 aromatic rings. The summed E-state index contributed by atoms with van der Waals surface area (Å²) in [6.07, 6.45) is 2.68. The highest BCUT2D eigenvalue weighted by Gasteiger charge is 2.05. The van der Waals surface area contributed by atoms with Gasteiger partial charge in [-0.1, -0.05) is 0 Å². The topological polar surface area (TPSA) is 91.1 Å². The molecule has 0 saturated carbocycles. The van der Waals surface area contributed by atoms with Crippen molar-refractivity contribution in [2.24, 2.45) is 11.5 Å². The standard InChI is InChI=1S/C9H13N3O2/c10-8(13)4-2-6-12-5-1-3-7(12)9(11)14/h1,3,5H,2,4,6H2,(H2,10,13)(H2,11,14). The van der Waals surface area contributed by atoms with Crippen LogP contribution in [-0.2, 0) is 11.3 Å². The molecule has 1 aromatic heterocycles. The van der Waals surface area contributed by atoms with Crippen LogP contribution in [0.4, 0.5) is 0 Å². The Kier molecular flexibility index (Phi) is 3.28. The minimum atomic E-state index is -0.464. The molecule has 0 spiro atoms. The molecular formula is C9H13N3O2. The molecule has 4 N–H and O–H groups in total. The Hall–Kier alpha value is -1.78. The van der Waals surface area contributed by atoms with Gasteiger partial charge in [-0.2, -0.15) is 0 Å². The first-order valence-electron chi connectivity index (χ1n) is 4.34. The van der Waals surface area contributed by atoms with Crippen LogP contribution >= 0.6 is 0 Å². The molecule has 0 aliphatic carbocycles. The Morgan fingerprint density at radius 2 is 2.07 bits per heavy atom. The molecule has 0 saturated heterocycles. The van der Waals surface area contributed by atoms with E-state index in [1.807, 2.05) is 0 Å². The third kappa shape index (κ3) is 2.62. The summed E-state index contributed by atoms with van der Waals surface area (Å²) in [4.78, 5) is 21.4. The van der Waals surface area contributed by atoms with E-state index in [-0.39, 0.29) is 5.91 Å². The lowest BCUT2D eigenvalue weighted by Gasteiger charge is -2.04. The van der Waals surface area contributed by atoms with Crippen molar-refractivity contribution >= 4 is 11.8 Å². The van der Waals surface area contributed by atoms with Gasteiger partial charge in [0.05, 0.1) is 0 Å². The molecule has 0 aliphatic rings. The van der Waals surface area contributed by atoms with E-state index in [9.17, 15) is 9.59 Å². The molecule has 0 radical (unpaired) electrons. The molecule has 0 atom stereocenters. The van der Waals surface area contributed by atoms with Gasteiger partial charge in [0.15, 0.2) is 0 Å². The van der Waals surface area contributed by atoms with Gasteiger partial charge >= 0.3 is 0 Å². The van der Waals surface area contributed by atoms with Crippen LogP contribution < -0.4 is 11.5 Å². The molecule has 76 valence electrons. The molecule has 0 aliphatic heterocycles. The number of nitrogens with two attached hydrogens (primary N) is 2. The minimum Gasteiger partial charge on any atom is -0.370 e. The third-order valence-corrected chi connectivity index (χ3v) is 1.90. The number of carbonyl (C=O) groups excluding carboxylic acids is 2. The average molecular weight is 195 g/mol.